The van der Waals surface area contributed by atoms with Gasteiger partial charge in [-0.15, -0.1) is 0 Å². The Hall–Kier alpha value is -2.49. The topological polar surface area (TPSA) is 38.8 Å². The first-order chi connectivity index (χ1) is 11.7. The maximum Gasteiger partial charge on any atom is 0.226 e. The maximum atomic E-state index is 12.4. The fraction of sp³-hybridized carbons (Fsp3) is 0.350. The number of hydrogen-bond donors (Lipinski definition) is 0. The summed E-state index contributed by atoms with van der Waals surface area (Å²) in [4.78, 5) is 14.4. The second-order valence-corrected chi connectivity index (χ2v) is 6.04. The largest absolute Gasteiger partial charge is 0.497 e. The molecule has 1 saturated heterocycles. The molecule has 0 N–H and O–H groups in total. The van der Waals surface area contributed by atoms with E-state index in [4.69, 9.17) is 9.47 Å². The van der Waals surface area contributed by atoms with Gasteiger partial charge >= 0.3 is 0 Å². The molecule has 0 atom stereocenters. The number of piperidine rings is 1. The number of carbonyl (C=O) groups excluding carboxylic acids is 1. The number of benzene rings is 2. The summed E-state index contributed by atoms with van der Waals surface area (Å²) in [7, 11) is 1.64. The predicted molar refractivity (Wildman–Crippen MR) is 93.4 cm³/mol. The van der Waals surface area contributed by atoms with E-state index in [0.29, 0.717) is 6.42 Å². The number of para-hydroxylation sites is 1. The highest BCUT2D eigenvalue weighted by Crippen LogP contribution is 2.19. The molecule has 1 amide bonds. The van der Waals surface area contributed by atoms with Crippen LogP contribution in [0.1, 0.15) is 18.4 Å². The van der Waals surface area contributed by atoms with Crippen molar-refractivity contribution >= 4 is 5.91 Å². The van der Waals surface area contributed by atoms with E-state index in [0.717, 1.165) is 43.0 Å². The fourth-order valence-corrected chi connectivity index (χ4v) is 2.94. The lowest BCUT2D eigenvalue weighted by molar-refractivity contribution is -0.132. The molecule has 0 spiro atoms. The number of rotatable bonds is 5. The molecule has 2 aromatic carbocycles. The van der Waals surface area contributed by atoms with Gasteiger partial charge in [-0.3, -0.25) is 4.79 Å². The summed E-state index contributed by atoms with van der Waals surface area (Å²) in [5, 5.41) is 0. The molecule has 1 aliphatic heterocycles. The molecule has 0 radical (unpaired) electrons. The van der Waals surface area contributed by atoms with Crippen molar-refractivity contribution in [2.45, 2.75) is 25.4 Å². The van der Waals surface area contributed by atoms with Crippen LogP contribution >= 0.6 is 0 Å². The summed E-state index contributed by atoms with van der Waals surface area (Å²) in [5.74, 6) is 1.89. The van der Waals surface area contributed by atoms with Gasteiger partial charge < -0.3 is 14.4 Å². The first kappa shape index (κ1) is 16.4. The minimum Gasteiger partial charge on any atom is -0.497 e. The lowest BCUT2D eigenvalue weighted by Gasteiger charge is -2.32. The number of likely N-dealkylation sites (tertiary alicyclic amines) is 1. The highest BCUT2D eigenvalue weighted by molar-refractivity contribution is 5.78. The van der Waals surface area contributed by atoms with E-state index >= 15 is 0 Å². The molecule has 0 aliphatic carbocycles. The SMILES string of the molecule is COc1ccc(CC(=O)N2CCC(Oc3ccccc3)CC2)cc1. The van der Waals surface area contributed by atoms with Crippen LogP contribution in [0.5, 0.6) is 11.5 Å². The quantitative estimate of drug-likeness (QED) is 0.846. The molecular formula is C20H23NO3. The third-order valence-corrected chi connectivity index (χ3v) is 4.36. The van der Waals surface area contributed by atoms with Crippen LogP contribution in [0.15, 0.2) is 54.6 Å². The van der Waals surface area contributed by atoms with Gasteiger partial charge in [0.2, 0.25) is 5.91 Å². The van der Waals surface area contributed by atoms with Crippen LogP contribution in [0.4, 0.5) is 0 Å². The fourth-order valence-electron chi connectivity index (χ4n) is 2.94. The highest BCUT2D eigenvalue weighted by Gasteiger charge is 2.23. The minimum atomic E-state index is 0.179. The van der Waals surface area contributed by atoms with Crippen molar-refractivity contribution in [3.63, 3.8) is 0 Å². The second kappa shape index (κ2) is 7.86. The molecule has 1 aliphatic rings. The smallest absolute Gasteiger partial charge is 0.226 e. The average Bonchev–Trinajstić information content (AvgIpc) is 2.64. The zero-order chi connectivity index (χ0) is 16.8. The number of carbonyl (C=O) groups is 1. The van der Waals surface area contributed by atoms with Gasteiger partial charge in [0.25, 0.3) is 0 Å². The number of amides is 1. The molecule has 0 aromatic heterocycles. The average molecular weight is 325 g/mol. The Balaban J connectivity index is 1.47. The van der Waals surface area contributed by atoms with Crippen molar-refractivity contribution in [2.75, 3.05) is 20.2 Å². The zero-order valence-corrected chi connectivity index (χ0v) is 14.0. The van der Waals surface area contributed by atoms with Crippen LogP contribution in [0.2, 0.25) is 0 Å². The summed E-state index contributed by atoms with van der Waals surface area (Å²) >= 11 is 0. The van der Waals surface area contributed by atoms with Crippen molar-refractivity contribution in [3.05, 3.63) is 60.2 Å². The standard InChI is InChI=1S/C20H23NO3/c1-23-17-9-7-16(8-10-17)15-20(22)21-13-11-19(12-14-21)24-18-5-3-2-4-6-18/h2-10,19H,11-15H2,1H3. The second-order valence-electron chi connectivity index (χ2n) is 6.04. The van der Waals surface area contributed by atoms with Crippen LogP contribution in [0.3, 0.4) is 0 Å². The third kappa shape index (κ3) is 4.28. The highest BCUT2D eigenvalue weighted by atomic mass is 16.5. The van der Waals surface area contributed by atoms with E-state index in [2.05, 4.69) is 0 Å². The normalized spacial score (nSPS) is 15.1. The molecule has 4 heteroatoms. The third-order valence-electron chi connectivity index (χ3n) is 4.36. The Bertz CT molecular complexity index is 646. The Kier molecular flexibility index (Phi) is 5.36. The molecule has 1 fully saturated rings. The van der Waals surface area contributed by atoms with Crippen molar-refractivity contribution in [1.29, 1.82) is 0 Å². The summed E-state index contributed by atoms with van der Waals surface area (Å²) < 4.78 is 11.1. The van der Waals surface area contributed by atoms with Gasteiger partial charge in [-0.1, -0.05) is 30.3 Å². The van der Waals surface area contributed by atoms with Crippen molar-refractivity contribution in [2.24, 2.45) is 0 Å². The van der Waals surface area contributed by atoms with Gasteiger partial charge in [-0.05, 0) is 29.8 Å². The minimum absolute atomic E-state index is 0.179. The van der Waals surface area contributed by atoms with E-state index in [-0.39, 0.29) is 12.0 Å². The van der Waals surface area contributed by atoms with Crippen LogP contribution in [-0.2, 0) is 11.2 Å². The summed E-state index contributed by atoms with van der Waals surface area (Å²) in [6.45, 7) is 1.51. The molecule has 3 rings (SSSR count). The van der Waals surface area contributed by atoms with E-state index in [1.807, 2.05) is 59.5 Å². The lowest BCUT2D eigenvalue weighted by Crippen LogP contribution is -2.42. The van der Waals surface area contributed by atoms with E-state index in [9.17, 15) is 4.79 Å². The molecular weight excluding hydrogens is 302 g/mol. The van der Waals surface area contributed by atoms with Crippen LogP contribution in [0, 0.1) is 0 Å². The van der Waals surface area contributed by atoms with Crippen molar-refractivity contribution in [1.82, 2.24) is 4.90 Å². The Morgan fingerprint density at radius 3 is 2.29 bits per heavy atom. The van der Waals surface area contributed by atoms with Gasteiger partial charge in [0.1, 0.15) is 17.6 Å². The number of methoxy groups -OCH3 is 1. The molecule has 0 bridgehead atoms. The first-order valence-corrected chi connectivity index (χ1v) is 8.37. The predicted octanol–water partition coefficient (Wildman–Crippen LogP) is 3.31. The monoisotopic (exact) mass is 325 g/mol. The molecule has 126 valence electrons. The molecule has 2 aromatic rings. The molecule has 24 heavy (non-hydrogen) atoms. The number of ether oxygens (including phenoxy) is 2. The summed E-state index contributed by atoms with van der Waals surface area (Å²) in [6.07, 6.45) is 2.39. The van der Waals surface area contributed by atoms with Crippen LogP contribution < -0.4 is 9.47 Å². The number of nitrogens with zero attached hydrogens (tertiary/aromatic N) is 1. The Labute approximate surface area is 143 Å². The van der Waals surface area contributed by atoms with Crippen molar-refractivity contribution in [3.8, 4) is 11.5 Å². The molecule has 4 nitrogen and oxygen atoms in total. The van der Waals surface area contributed by atoms with Gasteiger partial charge in [0.15, 0.2) is 0 Å². The van der Waals surface area contributed by atoms with Gasteiger partial charge in [0, 0.05) is 25.9 Å². The van der Waals surface area contributed by atoms with Gasteiger partial charge in [-0.2, -0.15) is 0 Å². The summed E-state index contributed by atoms with van der Waals surface area (Å²) in [5.41, 5.74) is 1.02. The molecule has 1 heterocycles. The van der Waals surface area contributed by atoms with E-state index in [1.165, 1.54) is 0 Å². The first-order valence-electron chi connectivity index (χ1n) is 8.37. The van der Waals surface area contributed by atoms with Gasteiger partial charge in [-0.25, -0.2) is 0 Å². The van der Waals surface area contributed by atoms with Crippen LogP contribution in [0.25, 0.3) is 0 Å². The Morgan fingerprint density at radius 1 is 1.00 bits per heavy atom. The van der Waals surface area contributed by atoms with E-state index < -0.39 is 0 Å². The molecule has 0 unspecified atom stereocenters. The Morgan fingerprint density at radius 2 is 1.67 bits per heavy atom. The maximum absolute atomic E-state index is 12.4. The van der Waals surface area contributed by atoms with Gasteiger partial charge in [0.05, 0.1) is 13.5 Å². The molecule has 0 saturated carbocycles. The summed E-state index contributed by atoms with van der Waals surface area (Å²) in [6, 6.07) is 17.6. The van der Waals surface area contributed by atoms with Crippen molar-refractivity contribution < 1.29 is 14.3 Å². The number of hydrogen-bond acceptors (Lipinski definition) is 3. The van der Waals surface area contributed by atoms with Crippen LogP contribution in [-0.4, -0.2) is 37.1 Å². The van der Waals surface area contributed by atoms with E-state index in [1.54, 1.807) is 7.11 Å². The zero-order valence-electron chi connectivity index (χ0n) is 14.0. The lowest BCUT2D eigenvalue weighted by atomic mass is 10.1.